The van der Waals surface area contributed by atoms with E-state index in [-0.39, 0.29) is 17.2 Å². The van der Waals surface area contributed by atoms with E-state index in [1.807, 2.05) is 31.2 Å². The fourth-order valence-corrected chi connectivity index (χ4v) is 3.96. The van der Waals surface area contributed by atoms with Crippen LogP contribution in [0.25, 0.3) is 0 Å². The van der Waals surface area contributed by atoms with Crippen LogP contribution >= 0.6 is 11.8 Å². The second-order valence-electron chi connectivity index (χ2n) is 5.32. The molecule has 1 N–H and O–H groups in total. The molecule has 1 fully saturated rings. The maximum absolute atomic E-state index is 12.3. The van der Waals surface area contributed by atoms with Gasteiger partial charge in [0.15, 0.2) is 0 Å². The number of rotatable bonds is 5. The number of nitrogens with one attached hydrogen (secondary N) is 1. The molecule has 1 aliphatic rings. The normalized spacial score (nSPS) is 21.0. The summed E-state index contributed by atoms with van der Waals surface area (Å²) < 4.78 is 4.93. The zero-order chi connectivity index (χ0) is 16.1. The maximum Gasteiger partial charge on any atom is 0.243 e. The number of ether oxygens (including phenoxy) is 1. The van der Waals surface area contributed by atoms with Crippen molar-refractivity contribution < 1.29 is 14.3 Å². The van der Waals surface area contributed by atoms with Crippen LogP contribution in [0.3, 0.4) is 0 Å². The molecule has 2 atom stereocenters. The minimum absolute atomic E-state index is 0.0810. The quantitative estimate of drug-likeness (QED) is 0.839. The Morgan fingerprint density at radius 1 is 1.36 bits per heavy atom. The first-order chi connectivity index (χ1) is 10.5. The van der Waals surface area contributed by atoms with Gasteiger partial charge >= 0.3 is 0 Å². The molecule has 22 heavy (non-hydrogen) atoms. The lowest BCUT2D eigenvalue weighted by Gasteiger charge is -2.28. The second kappa shape index (κ2) is 7.65. The number of carbonyl (C=O) groups is 2. The summed E-state index contributed by atoms with van der Waals surface area (Å²) in [5, 5.41) is 2.72. The summed E-state index contributed by atoms with van der Waals surface area (Å²) >= 11 is 1.63. The standard InChI is InChI=1S/C16H22N2O3S/c1-11-4-6-13(7-5-11)16-18(12(2)19)14(10-22-16)15(20)17-8-9-21-3/h4-7,14,16H,8-10H2,1-3H3,(H,17,20)/t14-,16-/m0/s1. The van der Waals surface area contributed by atoms with Crippen LogP contribution in [0.15, 0.2) is 24.3 Å². The molecular weight excluding hydrogens is 300 g/mol. The van der Waals surface area contributed by atoms with E-state index in [0.29, 0.717) is 18.9 Å². The van der Waals surface area contributed by atoms with E-state index in [1.54, 1.807) is 23.8 Å². The number of hydrogen-bond acceptors (Lipinski definition) is 4. The Kier molecular flexibility index (Phi) is 5.85. The highest BCUT2D eigenvalue weighted by molar-refractivity contribution is 7.99. The van der Waals surface area contributed by atoms with Crippen molar-refractivity contribution in [3.8, 4) is 0 Å². The van der Waals surface area contributed by atoms with E-state index < -0.39 is 6.04 Å². The SMILES string of the molecule is COCCNC(=O)[C@@H]1CS[C@@H](c2ccc(C)cc2)N1C(C)=O. The van der Waals surface area contributed by atoms with Gasteiger partial charge in [-0.25, -0.2) is 0 Å². The maximum atomic E-state index is 12.3. The van der Waals surface area contributed by atoms with Gasteiger partial charge in [-0.1, -0.05) is 29.8 Å². The molecular formula is C16H22N2O3S. The Bertz CT molecular complexity index is 533. The molecule has 0 radical (unpaired) electrons. The average molecular weight is 322 g/mol. The second-order valence-corrected chi connectivity index (χ2v) is 6.44. The van der Waals surface area contributed by atoms with E-state index in [4.69, 9.17) is 4.74 Å². The number of hydrogen-bond donors (Lipinski definition) is 1. The topological polar surface area (TPSA) is 58.6 Å². The predicted octanol–water partition coefficient (Wildman–Crippen LogP) is 1.72. The highest BCUT2D eigenvalue weighted by atomic mass is 32.2. The van der Waals surface area contributed by atoms with Gasteiger partial charge in [-0.3, -0.25) is 9.59 Å². The third-order valence-corrected chi connectivity index (χ3v) is 4.96. The van der Waals surface area contributed by atoms with Crippen molar-refractivity contribution in [3.63, 3.8) is 0 Å². The zero-order valence-corrected chi connectivity index (χ0v) is 14.0. The fraction of sp³-hybridized carbons (Fsp3) is 0.500. The van der Waals surface area contributed by atoms with E-state index in [1.165, 1.54) is 12.5 Å². The molecule has 0 unspecified atom stereocenters. The Hall–Kier alpha value is -1.53. The molecule has 0 aliphatic carbocycles. The van der Waals surface area contributed by atoms with Crippen LogP contribution in [-0.4, -0.2) is 48.8 Å². The number of carbonyl (C=O) groups excluding carboxylic acids is 2. The molecule has 2 rings (SSSR count). The van der Waals surface area contributed by atoms with Gasteiger partial charge in [0, 0.05) is 26.3 Å². The highest BCUT2D eigenvalue weighted by Crippen LogP contribution is 2.41. The van der Waals surface area contributed by atoms with Gasteiger partial charge in [-0.2, -0.15) is 0 Å². The summed E-state index contributed by atoms with van der Waals surface area (Å²) in [6.45, 7) is 4.47. The predicted molar refractivity (Wildman–Crippen MR) is 87.6 cm³/mol. The van der Waals surface area contributed by atoms with Gasteiger partial charge < -0.3 is 15.0 Å². The van der Waals surface area contributed by atoms with Crippen molar-refractivity contribution in [2.24, 2.45) is 0 Å². The highest BCUT2D eigenvalue weighted by Gasteiger charge is 2.40. The average Bonchev–Trinajstić information content (AvgIpc) is 2.93. The Labute approximate surface area is 135 Å². The molecule has 0 saturated carbocycles. The number of aryl methyl sites for hydroxylation is 1. The molecule has 0 aromatic heterocycles. The molecule has 1 aliphatic heterocycles. The largest absolute Gasteiger partial charge is 0.383 e. The van der Waals surface area contributed by atoms with Gasteiger partial charge in [-0.05, 0) is 12.5 Å². The summed E-state index contributed by atoms with van der Waals surface area (Å²) in [5.74, 6) is 0.411. The summed E-state index contributed by atoms with van der Waals surface area (Å²) in [6.07, 6.45) is 0. The molecule has 0 spiro atoms. The summed E-state index contributed by atoms with van der Waals surface area (Å²) in [6, 6.07) is 7.67. The first-order valence-corrected chi connectivity index (χ1v) is 8.33. The van der Waals surface area contributed by atoms with Crippen LogP contribution in [-0.2, 0) is 14.3 Å². The monoisotopic (exact) mass is 322 g/mol. The molecule has 1 aromatic carbocycles. The van der Waals surface area contributed by atoms with Gasteiger partial charge in [0.25, 0.3) is 0 Å². The van der Waals surface area contributed by atoms with Crippen LogP contribution in [0, 0.1) is 6.92 Å². The first-order valence-electron chi connectivity index (χ1n) is 7.28. The molecule has 1 aromatic rings. The molecule has 0 bridgehead atoms. The molecule has 1 saturated heterocycles. The Morgan fingerprint density at radius 3 is 2.64 bits per heavy atom. The number of nitrogens with zero attached hydrogens (tertiary/aromatic N) is 1. The lowest BCUT2D eigenvalue weighted by atomic mass is 10.1. The molecule has 5 nitrogen and oxygen atoms in total. The fourth-order valence-electron chi connectivity index (χ4n) is 2.47. The van der Waals surface area contributed by atoms with Crippen LogP contribution in [0.5, 0.6) is 0 Å². The lowest BCUT2D eigenvalue weighted by Crippen LogP contribution is -2.47. The van der Waals surface area contributed by atoms with Crippen molar-refractivity contribution in [3.05, 3.63) is 35.4 Å². The molecule has 120 valence electrons. The minimum atomic E-state index is -0.425. The van der Waals surface area contributed by atoms with Gasteiger partial charge in [-0.15, -0.1) is 11.8 Å². The van der Waals surface area contributed by atoms with Crippen LogP contribution in [0.2, 0.25) is 0 Å². The van der Waals surface area contributed by atoms with E-state index >= 15 is 0 Å². The van der Waals surface area contributed by atoms with Crippen molar-refractivity contribution in [2.75, 3.05) is 26.0 Å². The van der Waals surface area contributed by atoms with Gasteiger partial charge in [0.05, 0.1) is 6.61 Å². The van der Waals surface area contributed by atoms with Crippen molar-refractivity contribution in [1.82, 2.24) is 10.2 Å². The summed E-state index contributed by atoms with van der Waals surface area (Å²) in [4.78, 5) is 26.0. The third kappa shape index (κ3) is 3.81. The number of methoxy groups -OCH3 is 1. The number of amides is 2. The number of thioether (sulfide) groups is 1. The smallest absolute Gasteiger partial charge is 0.243 e. The zero-order valence-electron chi connectivity index (χ0n) is 13.2. The van der Waals surface area contributed by atoms with Crippen molar-refractivity contribution >= 4 is 23.6 Å². The van der Waals surface area contributed by atoms with Crippen LogP contribution < -0.4 is 5.32 Å². The minimum Gasteiger partial charge on any atom is -0.383 e. The van der Waals surface area contributed by atoms with Gasteiger partial charge in [0.2, 0.25) is 11.8 Å². The molecule has 6 heteroatoms. The van der Waals surface area contributed by atoms with Crippen LogP contribution in [0.4, 0.5) is 0 Å². The first kappa shape index (κ1) is 16.8. The van der Waals surface area contributed by atoms with E-state index in [9.17, 15) is 9.59 Å². The third-order valence-electron chi connectivity index (χ3n) is 3.63. The van der Waals surface area contributed by atoms with Crippen molar-refractivity contribution in [1.29, 1.82) is 0 Å². The van der Waals surface area contributed by atoms with Crippen LogP contribution in [0.1, 0.15) is 23.4 Å². The molecule has 2 amide bonds. The van der Waals surface area contributed by atoms with Gasteiger partial charge in [0.1, 0.15) is 11.4 Å². The summed E-state index contributed by atoms with van der Waals surface area (Å²) in [5.41, 5.74) is 2.23. The van der Waals surface area contributed by atoms with E-state index in [2.05, 4.69) is 5.32 Å². The van der Waals surface area contributed by atoms with E-state index in [0.717, 1.165) is 5.56 Å². The lowest BCUT2D eigenvalue weighted by molar-refractivity contribution is -0.138. The number of benzene rings is 1. The molecule has 1 heterocycles. The summed E-state index contributed by atoms with van der Waals surface area (Å²) in [7, 11) is 1.59. The Balaban J connectivity index is 2.12. The Morgan fingerprint density at radius 2 is 2.05 bits per heavy atom. The van der Waals surface area contributed by atoms with Crippen molar-refractivity contribution in [2.45, 2.75) is 25.3 Å².